The third kappa shape index (κ3) is 3.47. The van der Waals surface area contributed by atoms with Crippen LogP contribution in [0.5, 0.6) is 0 Å². The van der Waals surface area contributed by atoms with Crippen molar-refractivity contribution < 1.29 is 19.4 Å². The maximum atomic E-state index is 13.7. The normalized spacial score (nSPS) is 44.8. The molecule has 3 rings (SSSR count). The lowest BCUT2D eigenvalue weighted by molar-refractivity contribution is -0.164. The van der Waals surface area contributed by atoms with Crippen molar-refractivity contribution in [3.05, 3.63) is 0 Å². The van der Waals surface area contributed by atoms with Gasteiger partial charge in [0, 0.05) is 11.8 Å². The molecular formula is C23H38O4. The van der Waals surface area contributed by atoms with Crippen LogP contribution in [0, 0.1) is 40.9 Å². The standard InChI is InChI=1S/C23H38O4/c1-5-15-19-13-14(24)11-12-23(19,4)18(6-2)20(21(15)25)16-9-8-10-17(16)22(26)27-7-3/h14-20,24H,5-13H2,1-4H3/t14-,15-,16?,17-,18?,19+,20?,23-/m1/s1. The monoisotopic (exact) mass is 378 g/mol. The predicted octanol–water partition coefficient (Wildman–Crippen LogP) is 4.38. The van der Waals surface area contributed by atoms with E-state index < -0.39 is 0 Å². The van der Waals surface area contributed by atoms with Crippen LogP contribution in [0.1, 0.15) is 79.1 Å². The molecule has 0 saturated heterocycles. The summed E-state index contributed by atoms with van der Waals surface area (Å²) in [4.78, 5) is 26.3. The molecule has 1 N–H and O–H groups in total. The van der Waals surface area contributed by atoms with E-state index in [2.05, 4.69) is 20.8 Å². The van der Waals surface area contributed by atoms with Gasteiger partial charge in [-0.1, -0.05) is 33.6 Å². The average Bonchev–Trinajstić information content (AvgIpc) is 3.12. The molecule has 0 spiro atoms. The number of hydrogen-bond acceptors (Lipinski definition) is 4. The molecule has 3 unspecified atom stereocenters. The number of hydrogen-bond donors (Lipinski definition) is 1. The van der Waals surface area contributed by atoms with Crippen molar-refractivity contribution >= 4 is 11.8 Å². The van der Waals surface area contributed by atoms with Gasteiger partial charge in [-0.25, -0.2) is 0 Å². The van der Waals surface area contributed by atoms with Crippen LogP contribution in [-0.2, 0) is 14.3 Å². The predicted molar refractivity (Wildman–Crippen MR) is 105 cm³/mol. The zero-order valence-corrected chi connectivity index (χ0v) is 17.6. The summed E-state index contributed by atoms with van der Waals surface area (Å²) in [6.07, 6.45) is 6.99. The van der Waals surface area contributed by atoms with Crippen molar-refractivity contribution in [3.8, 4) is 0 Å². The fourth-order valence-electron chi connectivity index (χ4n) is 7.16. The number of carbonyl (C=O) groups excluding carboxylic acids is 2. The number of ether oxygens (including phenoxy) is 1. The third-order valence-corrected chi connectivity index (χ3v) is 8.35. The molecule has 0 radical (unpaired) electrons. The Balaban J connectivity index is 1.96. The lowest BCUT2D eigenvalue weighted by atomic mass is 9.46. The lowest BCUT2D eigenvalue weighted by Gasteiger charge is -2.58. The Bertz CT molecular complexity index is 559. The highest BCUT2D eigenvalue weighted by molar-refractivity contribution is 5.86. The first-order valence-corrected chi connectivity index (χ1v) is 11.3. The van der Waals surface area contributed by atoms with Crippen LogP contribution in [0.15, 0.2) is 0 Å². The molecule has 4 heteroatoms. The Morgan fingerprint density at radius 2 is 1.93 bits per heavy atom. The average molecular weight is 379 g/mol. The van der Waals surface area contributed by atoms with Crippen LogP contribution in [0.4, 0.5) is 0 Å². The summed E-state index contributed by atoms with van der Waals surface area (Å²) < 4.78 is 5.37. The van der Waals surface area contributed by atoms with Gasteiger partial charge in [0.05, 0.1) is 18.6 Å². The summed E-state index contributed by atoms with van der Waals surface area (Å²) in [6, 6.07) is 0. The van der Waals surface area contributed by atoms with E-state index in [1.165, 1.54) is 0 Å². The van der Waals surface area contributed by atoms with Crippen molar-refractivity contribution in [3.63, 3.8) is 0 Å². The SMILES string of the molecule is CCOC(=O)[C@@H]1CCCC1C1C(=O)[C@H](CC)[C@@H]2C[C@H](O)CC[C@]2(C)C1CC. The van der Waals surface area contributed by atoms with Gasteiger partial charge in [0.1, 0.15) is 5.78 Å². The molecule has 0 aliphatic heterocycles. The number of Topliss-reactive ketones (excluding diaryl/α,β-unsaturated/α-hetero) is 1. The number of fused-ring (bicyclic) bond motifs is 1. The first-order chi connectivity index (χ1) is 12.9. The van der Waals surface area contributed by atoms with Gasteiger partial charge in [0.15, 0.2) is 0 Å². The zero-order chi connectivity index (χ0) is 19.8. The first-order valence-electron chi connectivity index (χ1n) is 11.3. The summed E-state index contributed by atoms with van der Waals surface area (Å²) in [5.41, 5.74) is 0.0923. The second-order valence-corrected chi connectivity index (χ2v) is 9.45. The fourth-order valence-corrected chi connectivity index (χ4v) is 7.16. The maximum absolute atomic E-state index is 13.7. The van der Waals surface area contributed by atoms with E-state index in [9.17, 15) is 14.7 Å². The second kappa shape index (κ2) is 8.23. The topological polar surface area (TPSA) is 63.6 Å². The number of aliphatic hydroxyl groups is 1. The number of ketones is 1. The van der Waals surface area contributed by atoms with E-state index in [4.69, 9.17) is 4.74 Å². The molecule has 0 aromatic rings. The van der Waals surface area contributed by atoms with Crippen molar-refractivity contribution in [2.75, 3.05) is 6.61 Å². The molecule has 3 aliphatic rings. The van der Waals surface area contributed by atoms with E-state index in [0.717, 1.165) is 51.4 Å². The summed E-state index contributed by atoms with van der Waals surface area (Å²) >= 11 is 0. The van der Waals surface area contributed by atoms with Gasteiger partial charge in [-0.3, -0.25) is 9.59 Å². The van der Waals surface area contributed by atoms with Gasteiger partial charge in [0.2, 0.25) is 0 Å². The number of esters is 1. The molecule has 0 amide bonds. The molecule has 154 valence electrons. The molecule has 0 aromatic carbocycles. The fraction of sp³-hybridized carbons (Fsp3) is 0.913. The molecule has 0 bridgehead atoms. The maximum Gasteiger partial charge on any atom is 0.309 e. The highest BCUT2D eigenvalue weighted by atomic mass is 16.5. The highest BCUT2D eigenvalue weighted by Crippen LogP contribution is 2.61. The lowest BCUT2D eigenvalue weighted by Crippen LogP contribution is -2.57. The Labute approximate surface area is 164 Å². The molecule has 8 atom stereocenters. The van der Waals surface area contributed by atoms with Crippen LogP contribution in [0.25, 0.3) is 0 Å². The Kier molecular flexibility index (Phi) is 6.34. The molecule has 3 saturated carbocycles. The summed E-state index contributed by atoms with van der Waals surface area (Å²) in [6.45, 7) is 8.96. The van der Waals surface area contributed by atoms with E-state index in [0.29, 0.717) is 18.3 Å². The van der Waals surface area contributed by atoms with Gasteiger partial charge in [-0.05, 0) is 68.6 Å². The summed E-state index contributed by atoms with van der Waals surface area (Å²) in [5.74, 6) is 0.909. The Hall–Kier alpha value is -0.900. The Morgan fingerprint density at radius 1 is 1.19 bits per heavy atom. The van der Waals surface area contributed by atoms with Crippen LogP contribution in [-0.4, -0.2) is 29.6 Å². The van der Waals surface area contributed by atoms with Crippen molar-refractivity contribution in [1.82, 2.24) is 0 Å². The van der Waals surface area contributed by atoms with Crippen molar-refractivity contribution in [2.45, 2.75) is 85.2 Å². The van der Waals surface area contributed by atoms with Gasteiger partial charge in [0.25, 0.3) is 0 Å². The van der Waals surface area contributed by atoms with Crippen LogP contribution < -0.4 is 0 Å². The van der Waals surface area contributed by atoms with E-state index >= 15 is 0 Å². The summed E-state index contributed by atoms with van der Waals surface area (Å²) in [5, 5.41) is 10.3. The third-order valence-electron chi connectivity index (χ3n) is 8.35. The largest absolute Gasteiger partial charge is 0.466 e. The van der Waals surface area contributed by atoms with Gasteiger partial charge in [-0.2, -0.15) is 0 Å². The van der Waals surface area contributed by atoms with Crippen LogP contribution in [0.3, 0.4) is 0 Å². The quantitative estimate of drug-likeness (QED) is 0.721. The van der Waals surface area contributed by atoms with Gasteiger partial charge < -0.3 is 9.84 Å². The minimum absolute atomic E-state index is 0.0200. The van der Waals surface area contributed by atoms with Gasteiger partial charge in [-0.15, -0.1) is 0 Å². The number of carbonyl (C=O) groups is 2. The Morgan fingerprint density at radius 3 is 2.56 bits per heavy atom. The molecular weight excluding hydrogens is 340 g/mol. The minimum atomic E-state index is -0.266. The molecule has 27 heavy (non-hydrogen) atoms. The van der Waals surface area contributed by atoms with Crippen LogP contribution in [0.2, 0.25) is 0 Å². The second-order valence-electron chi connectivity index (χ2n) is 9.45. The highest BCUT2D eigenvalue weighted by Gasteiger charge is 2.59. The van der Waals surface area contributed by atoms with Crippen molar-refractivity contribution in [1.29, 1.82) is 0 Å². The molecule has 3 fully saturated rings. The molecule has 0 heterocycles. The van der Waals surface area contributed by atoms with E-state index in [1.54, 1.807) is 0 Å². The number of aliphatic hydroxyl groups excluding tert-OH is 1. The van der Waals surface area contributed by atoms with E-state index in [-0.39, 0.29) is 47.1 Å². The van der Waals surface area contributed by atoms with Crippen molar-refractivity contribution in [2.24, 2.45) is 40.9 Å². The molecule has 0 aromatic heterocycles. The number of rotatable bonds is 5. The van der Waals surface area contributed by atoms with Gasteiger partial charge >= 0.3 is 5.97 Å². The minimum Gasteiger partial charge on any atom is -0.466 e. The first kappa shape index (κ1) is 20.8. The molecule has 4 nitrogen and oxygen atoms in total. The smallest absolute Gasteiger partial charge is 0.309 e. The molecule has 3 aliphatic carbocycles. The summed E-state index contributed by atoms with van der Waals surface area (Å²) in [7, 11) is 0. The van der Waals surface area contributed by atoms with Crippen LogP contribution >= 0.6 is 0 Å². The van der Waals surface area contributed by atoms with E-state index in [1.807, 2.05) is 6.92 Å². The zero-order valence-electron chi connectivity index (χ0n) is 17.6.